The molecule has 1 N–H and O–H groups in total. The van der Waals surface area contributed by atoms with Gasteiger partial charge < -0.3 is 14.6 Å². The van der Waals surface area contributed by atoms with Gasteiger partial charge >= 0.3 is 5.97 Å². The molecule has 0 aliphatic heterocycles. The van der Waals surface area contributed by atoms with Crippen LogP contribution >= 0.6 is 0 Å². The average Bonchev–Trinajstić information content (AvgIpc) is 3.28. The van der Waals surface area contributed by atoms with Crippen LogP contribution in [0.5, 0.6) is 0 Å². The second-order valence-corrected chi connectivity index (χ2v) is 6.92. The van der Waals surface area contributed by atoms with Crippen LogP contribution in [0.3, 0.4) is 0 Å². The van der Waals surface area contributed by atoms with Crippen molar-refractivity contribution in [3.63, 3.8) is 0 Å². The summed E-state index contributed by atoms with van der Waals surface area (Å²) in [5, 5.41) is 10.8. The summed E-state index contributed by atoms with van der Waals surface area (Å²) in [6, 6.07) is 9.53. The van der Waals surface area contributed by atoms with E-state index in [0.29, 0.717) is 11.6 Å². The van der Waals surface area contributed by atoms with Crippen LogP contribution in [-0.4, -0.2) is 33.4 Å². The Morgan fingerprint density at radius 3 is 2.71 bits per heavy atom. The zero-order chi connectivity index (χ0) is 19.7. The Labute approximate surface area is 161 Å². The van der Waals surface area contributed by atoms with Gasteiger partial charge in [0.05, 0.1) is 17.6 Å². The number of aromatic nitrogens is 3. The highest BCUT2D eigenvalue weighted by molar-refractivity contribution is 5.95. The first-order chi connectivity index (χ1) is 13.5. The Balaban J connectivity index is 1.41. The van der Waals surface area contributed by atoms with Crippen LogP contribution in [-0.2, 0) is 9.53 Å². The van der Waals surface area contributed by atoms with E-state index < -0.39 is 18.5 Å². The molecular formula is C20H20N4O4. The number of amides is 1. The molecule has 2 aromatic heterocycles. The molecule has 1 aliphatic rings. The van der Waals surface area contributed by atoms with Gasteiger partial charge in [-0.15, -0.1) is 0 Å². The standard InChI is InChI=1S/C20H20N4O4/c1-12-3-7-15(8-4-12)24-17(9-13(2)23-24)22-18(25)11-27-20(26)16-10-21-28-19(16)14-5-6-14/h3-4,7-10,14H,5-6,11H2,1-2H3,(H,22,25). The number of benzene rings is 1. The number of esters is 1. The van der Waals surface area contributed by atoms with Gasteiger partial charge in [-0.25, -0.2) is 9.48 Å². The number of nitrogens with one attached hydrogen (secondary N) is 1. The fourth-order valence-corrected chi connectivity index (χ4v) is 2.90. The molecule has 3 aromatic rings. The summed E-state index contributed by atoms with van der Waals surface area (Å²) in [4.78, 5) is 24.5. The minimum Gasteiger partial charge on any atom is -0.452 e. The van der Waals surface area contributed by atoms with Gasteiger partial charge in [0.25, 0.3) is 5.91 Å². The maximum atomic E-state index is 12.3. The SMILES string of the molecule is Cc1ccc(-n2nc(C)cc2NC(=O)COC(=O)c2cnoc2C2CC2)cc1. The van der Waals surface area contributed by atoms with Gasteiger partial charge in [0, 0.05) is 12.0 Å². The van der Waals surface area contributed by atoms with Crippen LogP contribution in [0.2, 0.25) is 0 Å². The second kappa shape index (κ2) is 7.30. The van der Waals surface area contributed by atoms with E-state index in [2.05, 4.69) is 15.6 Å². The van der Waals surface area contributed by atoms with Crippen molar-refractivity contribution in [2.75, 3.05) is 11.9 Å². The summed E-state index contributed by atoms with van der Waals surface area (Å²) in [6.07, 6.45) is 3.28. The summed E-state index contributed by atoms with van der Waals surface area (Å²) < 4.78 is 11.9. The molecule has 0 saturated heterocycles. The maximum Gasteiger partial charge on any atom is 0.343 e. The number of carbonyl (C=O) groups is 2. The number of rotatable bonds is 6. The predicted molar refractivity (Wildman–Crippen MR) is 100 cm³/mol. The van der Waals surface area contributed by atoms with E-state index in [-0.39, 0.29) is 11.5 Å². The van der Waals surface area contributed by atoms with Crippen molar-refractivity contribution in [3.05, 3.63) is 59.1 Å². The van der Waals surface area contributed by atoms with Crippen LogP contribution in [0.15, 0.2) is 41.1 Å². The normalized spacial score (nSPS) is 13.4. The van der Waals surface area contributed by atoms with Crippen molar-refractivity contribution < 1.29 is 18.8 Å². The molecule has 0 radical (unpaired) electrons. The van der Waals surface area contributed by atoms with Crippen LogP contribution in [0.25, 0.3) is 5.69 Å². The van der Waals surface area contributed by atoms with E-state index in [0.717, 1.165) is 29.8 Å². The van der Waals surface area contributed by atoms with E-state index in [1.165, 1.54) is 6.20 Å². The predicted octanol–water partition coefficient (Wildman–Crippen LogP) is 3.15. The lowest BCUT2D eigenvalue weighted by molar-refractivity contribution is -0.119. The number of anilines is 1. The van der Waals surface area contributed by atoms with Gasteiger partial charge in [0.15, 0.2) is 12.4 Å². The summed E-state index contributed by atoms with van der Waals surface area (Å²) >= 11 is 0. The molecule has 0 unspecified atom stereocenters. The molecule has 1 aliphatic carbocycles. The molecule has 0 spiro atoms. The molecule has 2 heterocycles. The summed E-state index contributed by atoms with van der Waals surface area (Å²) in [6.45, 7) is 3.43. The number of aryl methyl sites for hydroxylation is 2. The zero-order valence-corrected chi connectivity index (χ0v) is 15.6. The van der Waals surface area contributed by atoms with Crippen molar-refractivity contribution in [3.8, 4) is 5.69 Å². The Morgan fingerprint density at radius 1 is 1.25 bits per heavy atom. The summed E-state index contributed by atoms with van der Waals surface area (Å²) in [5.41, 5.74) is 3.00. The third kappa shape index (κ3) is 3.80. The molecule has 0 atom stereocenters. The van der Waals surface area contributed by atoms with Gasteiger partial charge in [0.2, 0.25) is 0 Å². The highest BCUT2D eigenvalue weighted by Gasteiger charge is 2.33. The number of hydrogen-bond donors (Lipinski definition) is 1. The number of carbonyl (C=O) groups excluding carboxylic acids is 2. The molecular weight excluding hydrogens is 360 g/mol. The fourth-order valence-electron chi connectivity index (χ4n) is 2.90. The zero-order valence-electron chi connectivity index (χ0n) is 15.6. The number of hydrogen-bond acceptors (Lipinski definition) is 6. The molecule has 1 saturated carbocycles. The fraction of sp³-hybridized carbons (Fsp3) is 0.300. The highest BCUT2D eigenvalue weighted by Crippen LogP contribution is 2.41. The van der Waals surface area contributed by atoms with Gasteiger partial charge in [-0.05, 0) is 38.8 Å². The van der Waals surface area contributed by atoms with Crippen molar-refractivity contribution >= 4 is 17.7 Å². The van der Waals surface area contributed by atoms with E-state index in [1.54, 1.807) is 10.7 Å². The molecule has 28 heavy (non-hydrogen) atoms. The topological polar surface area (TPSA) is 99.2 Å². The molecule has 0 bridgehead atoms. The van der Waals surface area contributed by atoms with E-state index >= 15 is 0 Å². The van der Waals surface area contributed by atoms with Crippen molar-refractivity contribution in [2.45, 2.75) is 32.6 Å². The molecule has 144 valence electrons. The van der Waals surface area contributed by atoms with Crippen molar-refractivity contribution in [1.29, 1.82) is 0 Å². The van der Waals surface area contributed by atoms with Crippen molar-refractivity contribution in [1.82, 2.24) is 14.9 Å². The van der Waals surface area contributed by atoms with Gasteiger partial charge in [-0.2, -0.15) is 5.10 Å². The molecule has 4 rings (SSSR count). The van der Waals surface area contributed by atoms with E-state index in [4.69, 9.17) is 9.26 Å². The minimum absolute atomic E-state index is 0.228. The first-order valence-corrected chi connectivity index (χ1v) is 9.06. The molecule has 1 amide bonds. The van der Waals surface area contributed by atoms with Gasteiger partial charge in [0.1, 0.15) is 11.4 Å². The van der Waals surface area contributed by atoms with Gasteiger partial charge in [-0.1, -0.05) is 22.9 Å². The van der Waals surface area contributed by atoms with E-state index in [1.807, 2.05) is 38.1 Å². The lowest BCUT2D eigenvalue weighted by Gasteiger charge is -2.09. The van der Waals surface area contributed by atoms with Crippen molar-refractivity contribution in [2.24, 2.45) is 0 Å². The lowest BCUT2D eigenvalue weighted by Crippen LogP contribution is -2.22. The Morgan fingerprint density at radius 2 is 2.00 bits per heavy atom. The van der Waals surface area contributed by atoms with Crippen LogP contribution in [0, 0.1) is 13.8 Å². The summed E-state index contributed by atoms with van der Waals surface area (Å²) in [7, 11) is 0. The average molecular weight is 380 g/mol. The Hall–Kier alpha value is -3.42. The molecule has 1 fully saturated rings. The lowest BCUT2D eigenvalue weighted by atomic mass is 10.2. The second-order valence-electron chi connectivity index (χ2n) is 6.92. The quantitative estimate of drug-likeness (QED) is 0.660. The minimum atomic E-state index is -0.610. The first-order valence-electron chi connectivity index (χ1n) is 9.06. The largest absolute Gasteiger partial charge is 0.452 e. The first kappa shape index (κ1) is 18.0. The molecule has 8 heteroatoms. The Bertz CT molecular complexity index is 1020. The van der Waals surface area contributed by atoms with E-state index in [9.17, 15) is 9.59 Å². The van der Waals surface area contributed by atoms with Crippen LogP contribution < -0.4 is 5.32 Å². The highest BCUT2D eigenvalue weighted by atomic mass is 16.5. The third-order valence-corrected chi connectivity index (χ3v) is 4.48. The molecule has 8 nitrogen and oxygen atoms in total. The number of nitrogens with zero attached hydrogens (tertiary/aromatic N) is 3. The van der Waals surface area contributed by atoms with Crippen LogP contribution in [0.4, 0.5) is 5.82 Å². The van der Waals surface area contributed by atoms with Crippen LogP contribution in [0.1, 0.15) is 46.1 Å². The smallest absolute Gasteiger partial charge is 0.343 e. The number of ether oxygens (including phenoxy) is 1. The third-order valence-electron chi connectivity index (χ3n) is 4.48. The molecule has 1 aromatic carbocycles. The Kier molecular flexibility index (Phi) is 4.68. The maximum absolute atomic E-state index is 12.3. The summed E-state index contributed by atoms with van der Waals surface area (Å²) in [5.74, 6) is 0.211. The monoisotopic (exact) mass is 380 g/mol. The van der Waals surface area contributed by atoms with Gasteiger partial charge in [-0.3, -0.25) is 4.79 Å².